The van der Waals surface area contributed by atoms with Crippen molar-refractivity contribution >= 4 is 35.0 Å². The molecule has 3 fully saturated rings. The number of carbonyl (C=O) groups is 2. The van der Waals surface area contributed by atoms with E-state index in [-0.39, 0.29) is 35.4 Å². The van der Waals surface area contributed by atoms with Gasteiger partial charge in [-0.25, -0.2) is 4.98 Å². The number of ether oxygens (including phenoxy) is 1. The highest BCUT2D eigenvalue weighted by Crippen LogP contribution is 2.50. The molecule has 2 aromatic rings. The number of halogens is 2. The van der Waals surface area contributed by atoms with E-state index in [4.69, 9.17) is 27.9 Å². The minimum atomic E-state index is -0.284. The van der Waals surface area contributed by atoms with E-state index in [0.717, 1.165) is 37.8 Å². The Morgan fingerprint density at radius 2 is 1.84 bits per heavy atom. The summed E-state index contributed by atoms with van der Waals surface area (Å²) >= 11 is 11.9. The molecule has 3 aliphatic rings. The van der Waals surface area contributed by atoms with E-state index in [1.165, 1.54) is 6.20 Å². The van der Waals surface area contributed by atoms with Crippen LogP contribution in [-0.4, -0.2) is 39.5 Å². The van der Waals surface area contributed by atoms with Crippen LogP contribution in [-0.2, 0) is 4.79 Å². The second kappa shape index (κ2) is 8.87. The van der Waals surface area contributed by atoms with Gasteiger partial charge in [-0.1, -0.05) is 30.1 Å². The van der Waals surface area contributed by atoms with Crippen LogP contribution in [0.15, 0.2) is 30.6 Å². The zero-order valence-electron chi connectivity index (χ0n) is 18.1. The summed E-state index contributed by atoms with van der Waals surface area (Å²) in [6, 6.07) is 4.91. The molecule has 3 aliphatic carbocycles. The van der Waals surface area contributed by atoms with Crippen LogP contribution in [0.4, 0.5) is 0 Å². The van der Waals surface area contributed by atoms with Crippen molar-refractivity contribution in [3.05, 3.63) is 52.0 Å². The molecule has 0 radical (unpaired) electrons. The summed E-state index contributed by atoms with van der Waals surface area (Å²) < 4.78 is 5.59. The number of aryl methyl sites for hydroxylation is 1. The van der Waals surface area contributed by atoms with Gasteiger partial charge in [-0.3, -0.25) is 14.6 Å². The Kier molecular flexibility index (Phi) is 6.32. The second-order valence-electron chi connectivity index (χ2n) is 8.95. The summed E-state index contributed by atoms with van der Waals surface area (Å²) in [7, 11) is 0. The van der Waals surface area contributed by atoms with E-state index >= 15 is 0 Å². The maximum Gasteiger partial charge on any atom is 0.271 e. The first-order valence-electron chi connectivity index (χ1n) is 10.7. The minimum absolute atomic E-state index is 0.0968. The molecule has 2 amide bonds. The van der Waals surface area contributed by atoms with E-state index < -0.39 is 0 Å². The third-order valence-electron chi connectivity index (χ3n) is 6.78. The van der Waals surface area contributed by atoms with Gasteiger partial charge < -0.3 is 15.4 Å². The lowest BCUT2D eigenvalue weighted by atomic mass is 9.56. The molecule has 170 valence electrons. The predicted molar refractivity (Wildman–Crippen MR) is 122 cm³/mol. The second-order valence-corrected chi connectivity index (χ2v) is 9.77. The number of fused-ring (bicyclic) bond motifs is 3. The molecular weight excluding hydrogens is 451 g/mol. The monoisotopic (exact) mass is 476 g/mol. The Hall–Kier alpha value is -2.38. The lowest BCUT2D eigenvalue weighted by Crippen LogP contribution is -2.67. The maximum atomic E-state index is 12.7. The van der Waals surface area contributed by atoms with Crippen molar-refractivity contribution in [3.8, 4) is 5.75 Å². The number of aromatic nitrogens is 2. The number of rotatable bonds is 6. The molecule has 0 unspecified atom stereocenters. The van der Waals surface area contributed by atoms with E-state index in [2.05, 4.69) is 27.5 Å². The molecule has 7 nitrogen and oxygen atoms in total. The van der Waals surface area contributed by atoms with Crippen LogP contribution in [0.25, 0.3) is 0 Å². The van der Waals surface area contributed by atoms with Gasteiger partial charge in [-0.2, -0.15) is 0 Å². The van der Waals surface area contributed by atoms with Gasteiger partial charge in [0.2, 0.25) is 0 Å². The highest BCUT2D eigenvalue weighted by molar-refractivity contribution is 6.42. The Bertz CT molecular complexity index is 1020. The van der Waals surface area contributed by atoms with Crippen LogP contribution in [0.5, 0.6) is 5.75 Å². The highest BCUT2D eigenvalue weighted by atomic mass is 35.5. The topological polar surface area (TPSA) is 93.2 Å². The molecular formula is C23H26Cl2N4O3. The average molecular weight is 477 g/mol. The van der Waals surface area contributed by atoms with Gasteiger partial charge in [0, 0.05) is 23.3 Å². The zero-order chi connectivity index (χ0) is 22.9. The number of amides is 2. The lowest BCUT2D eigenvalue weighted by Gasteiger charge is -2.57. The molecule has 3 saturated carbocycles. The smallest absolute Gasteiger partial charge is 0.271 e. The Morgan fingerprint density at radius 1 is 1.09 bits per heavy atom. The average Bonchev–Trinajstić information content (AvgIpc) is 2.76. The van der Waals surface area contributed by atoms with Crippen molar-refractivity contribution in [2.75, 3.05) is 6.61 Å². The number of hydrogen-bond acceptors (Lipinski definition) is 5. The van der Waals surface area contributed by atoms with Crippen molar-refractivity contribution in [1.82, 2.24) is 20.6 Å². The summed E-state index contributed by atoms with van der Waals surface area (Å²) in [5.41, 5.74) is 0.542. The van der Waals surface area contributed by atoms with Crippen LogP contribution < -0.4 is 15.4 Å². The molecule has 0 spiro atoms. The van der Waals surface area contributed by atoms with Crippen molar-refractivity contribution in [2.24, 2.45) is 5.92 Å². The Morgan fingerprint density at radius 3 is 2.47 bits per heavy atom. The summed E-state index contributed by atoms with van der Waals surface area (Å²) in [5, 5.41) is 7.24. The molecule has 2 N–H and O–H groups in total. The first-order chi connectivity index (χ1) is 15.2. The molecule has 1 aromatic carbocycles. The van der Waals surface area contributed by atoms with Crippen molar-refractivity contribution in [2.45, 2.75) is 57.0 Å². The molecule has 0 saturated heterocycles. The number of nitrogens with one attached hydrogen (secondary N) is 2. The molecule has 2 bridgehead atoms. The summed E-state index contributed by atoms with van der Waals surface area (Å²) in [5.74, 6) is 0.339. The molecule has 0 aliphatic heterocycles. The van der Waals surface area contributed by atoms with Gasteiger partial charge in [0.1, 0.15) is 11.4 Å². The van der Waals surface area contributed by atoms with Gasteiger partial charge >= 0.3 is 0 Å². The minimum Gasteiger partial charge on any atom is -0.484 e. The van der Waals surface area contributed by atoms with Crippen LogP contribution in [0, 0.1) is 12.8 Å². The maximum absolute atomic E-state index is 12.7. The van der Waals surface area contributed by atoms with E-state index in [1.807, 2.05) is 6.92 Å². The first kappa shape index (κ1) is 22.8. The largest absolute Gasteiger partial charge is 0.484 e. The number of carbonyl (C=O) groups excluding carboxylic acids is 2. The quantitative estimate of drug-likeness (QED) is 0.654. The number of nitrogens with zero attached hydrogens (tertiary/aromatic N) is 2. The lowest BCUT2D eigenvalue weighted by molar-refractivity contribution is -0.128. The molecule has 1 atom stereocenters. The van der Waals surface area contributed by atoms with E-state index in [1.54, 1.807) is 24.4 Å². The fourth-order valence-corrected chi connectivity index (χ4v) is 5.21. The van der Waals surface area contributed by atoms with E-state index in [0.29, 0.717) is 21.5 Å². The standard InChI is InChI=1S/C23H26Cl2N4O3/c1-14-10-22(29-21(31)19-12-26-15(2)11-27-19)5-7-23(14,8-6-22)28-20(30)13-32-16-3-4-17(24)18(25)9-16/h3-4,9,11-12,14H,5-8,10,13H2,1-2H3,(H,28,30)(H,29,31)/t14-,22?,23?/m0/s1. The van der Waals surface area contributed by atoms with Crippen LogP contribution in [0.2, 0.25) is 10.0 Å². The number of hydrogen-bond donors (Lipinski definition) is 2. The molecule has 1 heterocycles. The van der Waals surface area contributed by atoms with Crippen molar-refractivity contribution in [1.29, 1.82) is 0 Å². The Balaban J connectivity index is 1.34. The van der Waals surface area contributed by atoms with Crippen LogP contribution in [0.3, 0.4) is 0 Å². The molecule has 9 heteroatoms. The molecule has 32 heavy (non-hydrogen) atoms. The highest BCUT2D eigenvalue weighted by Gasteiger charge is 2.54. The summed E-state index contributed by atoms with van der Waals surface area (Å²) in [4.78, 5) is 33.7. The van der Waals surface area contributed by atoms with Crippen molar-refractivity contribution in [3.63, 3.8) is 0 Å². The zero-order valence-corrected chi connectivity index (χ0v) is 19.6. The van der Waals surface area contributed by atoms with Gasteiger partial charge in [0.15, 0.2) is 6.61 Å². The normalized spacial score (nSPS) is 26.4. The van der Waals surface area contributed by atoms with Gasteiger partial charge in [0.05, 0.1) is 21.9 Å². The molecule has 5 rings (SSSR count). The van der Waals surface area contributed by atoms with Crippen LogP contribution in [0.1, 0.15) is 55.2 Å². The van der Waals surface area contributed by atoms with Gasteiger partial charge in [-0.15, -0.1) is 0 Å². The summed E-state index contributed by atoms with van der Waals surface area (Å²) in [6.07, 6.45) is 7.10. The van der Waals surface area contributed by atoms with Gasteiger partial charge in [-0.05, 0) is 57.1 Å². The Labute approximate surface area is 197 Å². The SMILES string of the molecule is Cc1cnc(C(=O)NC23CCC(NC(=O)COc4ccc(Cl)c(Cl)c4)(CC2)[C@@H](C)C3)cn1. The predicted octanol–water partition coefficient (Wildman–Crippen LogP) is 4.11. The first-order valence-corrected chi connectivity index (χ1v) is 11.5. The molecule has 1 aromatic heterocycles. The van der Waals surface area contributed by atoms with Crippen LogP contribution >= 0.6 is 23.2 Å². The third kappa shape index (κ3) is 4.69. The van der Waals surface area contributed by atoms with Crippen molar-refractivity contribution < 1.29 is 14.3 Å². The van der Waals surface area contributed by atoms with E-state index in [9.17, 15) is 9.59 Å². The summed E-state index contributed by atoms with van der Waals surface area (Å²) in [6.45, 7) is 3.87. The fourth-order valence-electron chi connectivity index (χ4n) is 4.92. The van der Waals surface area contributed by atoms with Gasteiger partial charge in [0.25, 0.3) is 11.8 Å². The number of benzene rings is 1. The fraction of sp³-hybridized carbons (Fsp3) is 0.478. The third-order valence-corrected chi connectivity index (χ3v) is 7.52.